The maximum Gasteiger partial charge on any atom is 0.243 e. The highest BCUT2D eigenvalue weighted by Crippen LogP contribution is 2.16. The van der Waals surface area contributed by atoms with Crippen LogP contribution in [0.5, 0.6) is 0 Å². The van der Waals surface area contributed by atoms with E-state index in [4.69, 9.17) is 0 Å². The Labute approximate surface area is 137 Å². The first-order chi connectivity index (χ1) is 11.5. The van der Waals surface area contributed by atoms with Crippen molar-refractivity contribution >= 4 is 10.0 Å². The summed E-state index contributed by atoms with van der Waals surface area (Å²) in [6.45, 7) is -0.0440. The summed E-state index contributed by atoms with van der Waals surface area (Å²) in [5, 5.41) is 4.09. The monoisotopic (exact) mass is 349 g/mol. The summed E-state index contributed by atoms with van der Waals surface area (Å²) in [5.74, 6) is -1.82. The van der Waals surface area contributed by atoms with Gasteiger partial charge in [0.2, 0.25) is 10.0 Å². The molecular weight excluding hydrogens is 336 g/mol. The van der Waals surface area contributed by atoms with Crippen LogP contribution in [0.25, 0.3) is 5.69 Å². The molecule has 1 aromatic heterocycles. The molecule has 24 heavy (non-hydrogen) atoms. The molecule has 0 bridgehead atoms. The summed E-state index contributed by atoms with van der Waals surface area (Å²) in [4.78, 5) is -0.712. The lowest BCUT2D eigenvalue weighted by atomic mass is 10.2. The minimum Gasteiger partial charge on any atom is -0.241 e. The fourth-order valence-electron chi connectivity index (χ4n) is 2.13. The molecule has 0 saturated heterocycles. The van der Waals surface area contributed by atoms with Gasteiger partial charge in [0.1, 0.15) is 16.5 Å². The Kier molecular flexibility index (Phi) is 4.41. The van der Waals surface area contributed by atoms with Crippen molar-refractivity contribution in [2.75, 3.05) is 0 Å². The van der Waals surface area contributed by atoms with Gasteiger partial charge in [0.05, 0.1) is 5.69 Å². The normalized spacial score (nSPS) is 11.6. The van der Waals surface area contributed by atoms with Gasteiger partial charge in [0.25, 0.3) is 0 Å². The van der Waals surface area contributed by atoms with Gasteiger partial charge in [0, 0.05) is 18.9 Å². The first-order valence-electron chi connectivity index (χ1n) is 6.99. The lowest BCUT2D eigenvalue weighted by molar-refractivity contribution is 0.545. The van der Waals surface area contributed by atoms with Crippen molar-refractivity contribution in [3.8, 4) is 5.69 Å². The summed E-state index contributed by atoms with van der Waals surface area (Å²) >= 11 is 0. The predicted octanol–water partition coefficient (Wildman–Crippen LogP) is 2.63. The molecule has 124 valence electrons. The Morgan fingerprint density at radius 1 is 1.08 bits per heavy atom. The average Bonchev–Trinajstić information content (AvgIpc) is 3.10. The second-order valence-electron chi connectivity index (χ2n) is 5.02. The van der Waals surface area contributed by atoms with Gasteiger partial charge in [-0.05, 0) is 42.0 Å². The van der Waals surface area contributed by atoms with E-state index in [9.17, 15) is 17.2 Å². The van der Waals surface area contributed by atoms with E-state index >= 15 is 0 Å². The first-order valence-corrected chi connectivity index (χ1v) is 8.48. The smallest absolute Gasteiger partial charge is 0.241 e. The number of rotatable bonds is 5. The van der Waals surface area contributed by atoms with Gasteiger partial charge in [-0.1, -0.05) is 12.1 Å². The second kappa shape index (κ2) is 6.50. The van der Waals surface area contributed by atoms with Gasteiger partial charge >= 0.3 is 0 Å². The van der Waals surface area contributed by atoms with Crippen LogP contribution < -0.4 is 4.72 Å². The van der Waals surface area contributed by atoms with E-state index in [0.717, 1.165) is 17.8 Å². The van der Waals surface area contributed by atoms with Crippen LogP contribution in [0.15, 0.2) is 65.8 Å². The van der Waals surface area contributed by atoms with Crippen LogP contribution >= 0.6 is 0 Å². The second-order valence-corrected chi connectivity index (χ2v) is 6.75. The van der Waals surface area contributed by atoms with Crippen molar-refractivity contribution in [2.24, 2.45) is 0 Å². The topological polar surface area (TPSA) is 64.0 Å². The molecule has 0 aliphatic heterocycles. The highest BCUT2D eigenvalue weighted by Gasteiger charge is 2.19. The molecule has 0 radical (unpaired) electrons. The highest BCUT2D eigenvalue weighted by molar-refractivity contribution is 7.89. The number of nitrogens with zero attached hydrogens (tertiary/aromatic N) is 2. The van der Waals surface area contributed by atoms with Gasteiger partial charge in [-0.3, -0.25) is 0 Å². The van der Waals surface area contributed by atoms with Crippen LogP contribution in [-0.2, 0) is 16.6 Å². The van der Waals surface area contributed by atoms with Gasteiger partial charge in [-0.15, -0.1) is 0 Å². The lowest BCUT2D eigenvalue weighted by Crippen LogP contribution is -2.24. The van der Waals surface area contributed by atoms with Gasteiger partial charge < -0.3 is 0 Å². The number of nitrogens with one attached hydrogen (secondary N) is 1. The SMILES string of the molecule is O=S(=O)(NCc1ccc(-n2cccn2)cc1)c1cc(F)ccc1F. The van der Waals surface area contributed by atoms with E-state index in [2.05, 4.69) is 9.82 Å². The third-order valence-corrected chi connectivity index (χ3v) is 4.77. The van der Waals surface area contributed by atoms with Crippen LogP contribution in [0.3, 0.4) is 0 Å². The third kappa shape index (κ3) is 3.50. The van der Waals surface area contributed by atoms with Gasteiger partial charge in [0.15, 0.2) is 0 Å². The molecule has 1 N–H and O–H groups in total. The summed E-state index contributed by atoms with van der Waals surface area (Å²) < 4.78 is 54.9. The van der Waals surface area contributed by atoms with Crippen LogP contribution in [0.2, 0.25) is 0 Å². The van der Waals surface area contributed by atoms with Gasteiger partial charge in [-0.25, -0.2) is 26.6 Å². The van der Waals surface area contributed by atoms with Crippen LogP contribution in [0.4, 0.5) is 8.78 Å². The molecule has 0 unspecified atom stereocenters. The van der Waals surface area contributed by atoms with E-state index < -0.39 is 26.6 Å². The minimum atomic E-state index is -4.15. The molecule has 3 rings (SSSR count). The number of hydrogen-bond acceptors (Lipinski definition) is 3. The molecule has 0 aliphatic rings. The number of hydrogen-bond donors (Lipinski definition) is 1. The zero-order valence-electron chi connectivity index (χ0n) is 12.4. The number of benzene rings is 2. The molecule has 0 fully saturated rings. The van der Waals surface area contributed by atoms with Crippen molar-refractivity contribution in [1.29, 1.82) is 0 Å². The molecule has 1 heterocycles. The lowest BCUT2D eigenvalue weighted by Gasteiger charge is -2.09. The average molecular weight is 349 g/mol. The fourth-order valence-corrected chi connectivity index (χ4v) is 3.23. The molecule has 8 heteroatoms. The molecule has 0 amide bonds. The number of sulfonamides is 1. The minimum absolute atomic E-state index is 0.0440. The van der Waals surface area contributed by atoms with E-state index in [0.29, 0.717) is 11.6 Å². The molecule has 5 nitrogen and oxygen atoms in total. The number of halogens is 2. The van der Waals surface area contributed by atoms with Crippen molar-refractivity contribution in [3.63, 3.8) is 0 Å². The Morgan fingerprint density at radius 3 is 2.50 bits per heavy atom. The summed E-state index contributed by atoms with van der Waals surface area (Å²) in [6.07, 6.45) is 3.43. The van der Waals surface area contributed by atoms with Gasteiger partial charge in [-0.2, -0.15) is 5.10 Å². The maximum absolute atomic E-state index is 13.6. The predicted molar refractivity (Wildman–Crippen MR) is 83.9 cm³/mol. The highest BCUT2D eigenvalue weighted by atomic mass is 32.2. The summed E-state index contributed by atoms with van der Waals surface area (Å²) in [7, 11) is -4.15. The quantitative estimate of drug-likeness (QED) is 0.770. The molecule has 0 saturated carbocycles. The third-order valence-electron chi connectivity index (χ3n) is 3.35. The van der Waals surface area contributed by atoms with E-state index in [1.807, 2.05) is 0 Å². The van der Waals surface area contributed by atoms with Crippen LogP contribution in [-0.4, -0.2) is 18.2 Å². The van der Waals surface area contributed by atoms with E-state index in [-0.39, 0.29) is 6.54 Å². The van der Waals surface area contributed by atoms with Crippen LogP contribution in [0, 0.1) is 11.6 Å². The maximum atomic E-state index is 13.6. The van der Waals surface area contributed by atoms with Crippen molar-refractivity contribution in [1.82, 2.24) is 14.5 Å². The van der Waals surface area contributed by atoms with E-state index in [1.54, 1.807) is 47.4 Å². The standard InChI is InChI=1S/C16H13F2N3O2S/c17-13-4-7-15(18)16(10-13)24(22,23)20-11-12-2-5-14(6-3-12)21-9-1-8-19-21/h1-10,20H,11H2. The van der Waals surface area contributed by atoms with Crippen molar-refractivity contribution < 1.29 is 17.2 Å². The van der Waals surface area contributed by atoms with E-state index in [1.165, 1.54) is 0 Å². The first kappa shape index (κ1) is 16.3. The Bertz CT molecular complexity index is 940. The zero-order valence-corrected chi connectivity index (χ0v) is 13.2. The Balaban J connectivity index is 1.74. The van der Waals surface area contributed by atoms with Crippen LogP contribution in [0.1, 0.15) is 5.56 Å². The Morgan fingerprint density at radius 2 is 1.83 bits per heavy atom. The molecule has 3 aromatic rings. The number of aromatic nitrogens is 2. The molecule has 0 spiro atoms. The molecular formula is C16H13F2N3O2S. The molecule has 0 aliphatic carbocycles. The Hall–Kier alpha value is -2.58. The molecule has 0 atom stereocenters. The molecule has 2 aromatic carbocycles. The summed E-state index contributed by atoms with van der Waals surface area (Å²) in [5.41, 5.74) is 1.49. The van der Waals surface area contributed by atoms with Crippen molar-refractivity contribution in [2.45, 2.75) is 11.4 Å². The zero-order chi connectivity index (χ0) is 17.2. The fraction of sp³-hybridized carbons (Fsp3) is 0.0625. The van der Waals surface area contributed by atoms with Crippen molar-refractivity contribution in [3.05, 3.63) is 78.1 Å². The summed E-state index contributed by atoms with van der Waals surface area (Å²) in [6, 6.07) is 11.1. The largest absolute Gasteiger partial charge is 0.243 e.